The van der Waals surface area contributed by atoms with Gasteiger partial charge >= 0.3 is 18.1 Å². The molecule has 1 aromatic carbocycles. The summed E-state index contributed by atoms with van der Waals surface area (Å²) in [5.41, 5.74) is -0.0270. The van der Waals surface area contributed by atoms with Gasteiger partial charge in [-0.05, 0) is 45.7 Å². The highest BCUT2D eigenvalue weighted by atomic mass is 16.6. The lowest BCUT2D eigenvalue weighted by Crippen LogP contribution is -2.43. The van der Waals surface area contributed by atoms with E-state index in [-0.39, 0.29) is 13.0 Å². The van der Waals surface area contributed by atoms with Crippen molar-refractivity contribution in [3.05, 3.63) is 30.3 Å². The molecule has 0 radical (unpaired) electrons. The summed E-state index contributed by atoms with van der Waals surface area (Å²) in [5, 5.41) is 16.7. The molecule has 0 saturated carbocycles. The van der Waals surface area contributed by atoms with Crippen molar-refractivity contribution in [2.75, 3.05) is 11.9 Å². The molecule has 0 fully saturated rings. The van der Waals surface area contributed by atoms with Crippen molar-refractivity contribution >= 4 is 23.8 Å². The molecular formula is C17H25N3O5. The molecule has 0 saturated heterocycles. The molecule has 1 unspecified atom stereocenters. The third-order valence-electron chi connectivity index (χ3n) is 2.97. The van der Waals surface area contributed by atoms with Gasteiger partial charge in [-0.3, -0.25) is 0 Å². The number of benzene rings is 1. The zero-order chi connectivity index (χ0) is 18.9. The Hall–Kier alpha value is -2.77. The summed E-state index contributed by atoms with van der Waals surface area (Å²) in [5.74, 6) is -1.14. The quantitative estimate of drug-likeness (QED) is 0.563. The number of carbonyl (C=O) groups is 3. The molecule has 8 nitrogen and oxygen atoms in total. The standard InChI is InChI=1S/C17H25N3O5/c1-17(2,3)25-16(24)18-11-7-10-13(14(21)22)20-15(23)19-12-8-5-4-6-9-12/h4-6,8-9,13H,7,10-11H2,1-3H3,(H,18,24)(H,21,22)(H2,19,20,23). The number of nitrogens with one attached hydrogen (secondary N) is 3. The Balaban J connectivity index is 2.36. The maximum absolute atomic E-state index is 11.8. The molecule has 0 spiro atoms. The molecular weight excluding hydrogens is 326 g/mol. The first-order chi connectivity index (χ1) is 11.7. The van der Waals surface area contributed by atoms with E-state index in [1.807, 2.05) is 0 Å². The number of carboxylic acid groups (broad SMARTS) is 1. The largest absolute Gasteiger partial charge is 0.480 e. The molecule has 1 aromatic rings. The Bertz CT molecular complexity index is 584. The second-order valence-electron chi connectivity index (χ2n) is 6.43. The molecule has 1 rings (SSSR count). The first-order valence-electron chi connectivity index (χ1n) is 7.99. The lowest BCUT2D eigenvalue weighted by molar-refractivity contribution is -0.139. The van der Waals surface area contributed by atoms with Gasteiger partial charge in [-0.1, -0.05) is 18.2 Å². The Morgan fingerprint density at radius 1 is 1.16 bits per heavy atom. The molecule has 0 aromatic heterocycles. The maximum Gasteiger partial charge on any atom is 0.407 e. The summed E-state index contributed by atoms with van der Waals surface area (Å²) in [7, 11) is 0. The molecule has 4 N–H and O–H groups in total. The van der Waals surface area contributed by atoms with Crippen molar-refractivity contribution in [1.29, 1.82) is 0 Å². The van der Waals surface area contributed by atoms with Gasteiger partial charge in [0.15, 0.2) is 0 Å². The minimum absolute atomic E-state index is 0.174. The SMILES string of the molecule is CC(C)(C)OC(=O)NCCCC(NC(=O)Nc1ccccc1)C(=O)O. The summed E-state index contributed by atoms with van der Waals surface area (Å²) in [6.07, 6.45) is -0.0102. The number of aliphatic carboxylic acids is 1. The van der Waals surface area contributed by atoms with E-state index in [1.165, 1.54) is 0 Å². The Morgan fingerprint density at radius 2 is 1.80 bits per heavy atom. The van der Waals surface area contributed by atoms with Gasteiger partial charge < -0.3 is 25.8 Å². The minimum atomic E-state index is -1.14. The van der Waals surface area contributed by atoms with E-state index in [4.69, 9.17) is 4.74 Å². The highest BCUT2D eigenvalue weighted by Gasteiger charge is 2.20. The molecule has 8 heteroatoms. The molecule has 3 amide bonds. The van der Waals surface area contributed by atoms with E-state index in [9.17, 15) is 19.5 Å². The second kappa shape index (κ2) is 9.51. The molecule has 0 heterocycles. The molecule has 0 aliphatic rings. The van der Waals surface area contributed by atoms with Crippen LogP contribution in [0.2, 0.25) is 0 Å². The van der Waals surface area contributed by atoms with Crippen molar-refractivity contribution in [3.8, 4) is 0 Å². The minimum Gasteiger partial charge on any atom is -0.480 e. The topological polar surface area (TPSA) is 117 Å². The van der Waals surface area contributed by atoms with E-state index in [0.717, 1.165) is 0 Å². The van der Waals surface area contributed by atoms with Crippen LogP contribution in [-0.2, 0) is 9.53 Å². The highest BCUT2D eigenvalue weighted by molar-refractivity contribution is 5.92. The van der Waals surface area contributed by atoms with E-state index in [0.29, 0.717) is 12.1 Å². The number of rotatable bonds is 7. The third kappa shape index (κ3) is 9.19. The van der Waals surface area contributed by atoms with Crippen molar-refractivity contribution in [1.82, 2.24) is 10.6 Å². The van der Waals surface area contributed by atoms with E-state index in [1.54, 1.807) is 51.1 Å². The highest BCUT2D eigenvalue weighted by Crippen LogP contribution is 2.07. The van der Waals surface area contributed by atoms with Crippen LogP contribution in [-0.4, -0.2) is 41.4 Å². The second-order valence-corrected chi connectivity index (χ2v) is 6.43. The fourth-order valence-corrected chi connectivity index (χ4v) is 1.92. The van der Waals surface area contributed by atoms with Gasteiger partial charge in [0.05, 0.1) is 0 Å². The molecule has 0 bridgehead atoms. The number of alkyl carbamates (subject to hydrolysis) is 1. The Kier molecular flexibility index (Phi) is 7.71. The van der Waals surface area contributed by atoms with Crippen LogP contribution in [0.25, 0.3) is 0 Å². The first-order valence-corrected chi connectivity index (χ1v) is 7.99. The zero-order valence-corrected chi connectivity index (χ0v) is 14.7. The number of carboxylic acids is 1. The van der Waals surface area contributed by atoms with Crippen LogP contribution in [0.1, 0.15) is 33.6 Å². The van der Waals surface area contributed by atoms with E-state index < -0.39 is 29.7 Å². The van der Waals surface area contributed by atoms with E-state index >= 15 is 0 Å². The van der Waals surface area contributed by atoms with Crippen LogP contribution in [0.15, 0.2) is 30.3 Å². The predicted molar refractivity (Wildman–Crippen MR) is 93.5 cm³/mol. The molecule has 25 heavy (non-hydrogen) atoms. The number of carbonyl (C=O) groups excluding carboxylic acids is 2. The van der Waals surface area contributed by atoms with Crippen LogP contribution in [0.4, 0.5) is 15.3 Å². The normalized spacial score (nSPS) is 12.0. The predicted octanol–water partition coefficient (Wildman–Crippen LogP) is 2.57. The summed E-state index contributed by atoms with van der Waals surface area (Å²) < 4.78 is 5.08. The van der Waals surface area contributed by atoms with Gasteiger partial charge in [0.2, 0.25) is 0 Å². The summed E-state index contributed by atoms with van der Waals surface area (Å²) in [6.45, 7) is 5.51. The number of urea groups is 1. The Morgan fingerprint density at radius 3 is 2.36 bits per heavy atom. The lowest BCUT2D eigenvalue weighted by Gasteiger charge is -2.20. The van der Waals surface area contributed by atoms with Gasteiger partial charge in [-0.2, -0.15) is 0 Å². The van der Waals surface area contributed by atoms with Crippen molar-refractivity contribution in [2.24, 2.45) is 0 Å². The number of amides is 3. The number of ether oxygens (including phenoxy) is 1. The molecule has 0 aliphatic carbocycles. The van der Waals surface area contributed by atoms with Gasteiger partial charge in [0, 0.05) is 12.2 Å². The number of anilines is 1. The number of hydrogen-bond donors (Lipinski definition) is 4. The van der Waals surface area contributed by atoms with E-state index in [2.05, 4.69) is 16.0 Å². The number of para-hydroxylation sites is 1. The third-order valence-corrected chi connectivity index (χ3v) is 2.97. The zero-order valence-electron chi connectivity index (χ0n) is 14.7. The average Bonchev–Trinajstić information content (AvgIpc) is 2.49. The smallest absolute Gasteiger partial charge is 0.407 e. The van der Waals surface area contributed by atoms with Crippen LogP contribution < -0.4 is 16.0 Å². The fourth-order valence-electron chi connectivity index (χ4n) is 1.92. The molecule has 0 aliphatic heterocycles. The lowest BCUT2D eigenvalue weighted by atomic mass is 10.1. The van der Waals surface area contributed by atoms with Crippen molar-refractivity contribution in [3.63, 3.8) is 0 Å². The van der Waals surface area contributed by atoms with Gasteiger partial charge in [-0.15, -0.1) is 0 Å². The molecule has 1 atom stereocenters. The van der Waals surface area contributed by atoms with Crippen LogP contribution in [0.5, 0.6) is 0 Å². The number of hydrogen-bond acceptors (Lipinski definition) is 4. The van der Waals surface area contributed by atoms with Crippen molar-refractivity contribution in [2.45, 2.75) is 45.3 Å². The van der Waals surface area contributed by atoms with Crippen LogP contribution in [0, 0.1) is 0 Å². The van der Waals surface area contributed by atoms with Gasteiger partial charge in [0.25, 0.3) is 0 Å². The van der Waals surface area contributed by atoms with Gasteiger partial charge in [0.1, 0.15) is 11.6 Å². The average molecular weight is 351 g/mol. The van der Waals surface area contributed by atoms with Crippen molar-refractivity contribution < 1.29 is 24.2 Å². The monoisotopic (exact) mass is 351 g/mol. The van der Waals surface area contributed by atoms with Crippen LogP contribution >= 0.6 is 0 Å². The molecule has 138 valence electrons. The summed E-state index contributed by atoms with van der Waals surface area (Å²) in [6, 6.07) is 7.06. The maximum atomic E-state index is 11.8. The van der Waals surface area contributed by atoms with Gasteiger partial charge in [-0.25, -0.2) is 14.4 Å². The first kappa shape index (κ1) is 20.3. The summed E-state index contributed by atoms with van der Waals surface area (Å²) >= 11 is 0. The Labute approximate surface area is 146 Å². The fraction of sp³-hybridized carbons (Fsp3) is 0.471. The summed E-state index contributed by atoms with van der Waals surface area (Å²) in [4.78, 5) is 34.6. The van der Waals surface area contributed by atoms with Crippen LogP contribution in [0.3, 0.4) is 0 Å².